The van der Waals surface area contributed by atoms with Gasteiger partial charge in [0.05, 0.1) is 5.69 Å². The zero-order valence-electron chi connectivity index (χ0n) is 8.63. The van der Waals surface area contributed by atoms with Gasteiger partial charge in [0.25, 0.3) is 0 Å². The Morgan fingerprint density at radius 3 is 2.86 bits per heavy atom. The number of imidazole rings is 1. The van der Waals surface area contributed by atoms with E-state index < -0.39 is 0 Å². The lowest BCUT2D eigenvalue weighted by atomic mass is 10.0. The van der Waals surface area contributed by atoms with E-state index in [4.69, 9.17) is 4.98 Å². The van der Waals surface area contributed by atoms with Crippen molar-refractivity contribution in [1.82, 2.24) is 9.38 Å². The highest BCUT2D eigenvalue weighted by molar-refractivity contribution is 7.17. The lowest BCUT2D eigenvalue weighted by Gasteiger charge is -2.10. The maximum absolute atomic E-state index is 4.72. The van der Waals surface area contributed by atoms with Crippen molar-refractivity contribution in [2.75, 3.05) is 0 Å². The average Bonchev–Trinajstić information content (AvgIpc) is 2.65. The lowest BCUT2D eigenvalue weighted by Crippen LogP contribution is -2.04. The molecule has 0 unspecified atom stereocenters. The molecule has 0 radical (unpaired) electrons. The van der Waals surface area contributed by atoms with Gasteiger partial charge in [-0.2, -0.15) is 0 Å². The highest BCUT2D eigenvalue weighted by Crippen LogP contribution is 2.29. The molecule has 0 spiro atoms. The summed E-state index contributed by atoms with van der Waals surface area (Å²) >= 11 is 1.82. The molecular formula is C11H14N2S. The molecule has 2 nitrogen and oxygen atoms in total. The maximum atomic E-state index is 4.72. The van der Waals surface area contributed by atoms with Crippen molar-refractivity contribution < 1.29 is 0 Å². The van der Waals surface area contributed by atoms with Gasteiger partial charge in [-0.25, -0.2) is 4.98 Å². The predicted octanol–water partition coefficient (Wildman–Crippen LogP) is 2.89. The number of thiazole rings is 1. The third-order valence-corrected chi connectivity index (χ3v) is 4.25. The monoisotopic (exact) mass is 206 g/mol. The van der Waals surface area contributed by atoms with Crippen LogP contribution < -0.4 is 0 Å². The van der Waals surface area contributed by atoms with E-state index >= 15 is 0 Å². The molecule has 2 aromatic rings. The van der Waals surface area contributed by atoms with Crippen LogP contribution in [0.3, 0.4) is 0 Å². The minimum absolute atomic E-state index is 1.18. The van der Waals surface area contributed by atoms with E-state index in [1.165, 1.54) is 52.6 Å². The number of hydrogen-bond acceptors (Lipinski definition) is 2. The highest BCUT2D eigenvalue weighted by atomic mass is 32.1. The van der Waals surface area contributed by atoms with Crippen molar-refractivity contribution in [2.24, 2.45) is 0 Å². The SMILES string of the molecule is Cc1sc2nc3c(n2c1C)CCCC3. The van der Waals surface area contributed by atoms with E-state index in [1.807, 2.05) is 11.3 Å². The Morgan fingerprint density at radius 2 is 2.00 bits per heavy atom. The standard InChI is InChI=1S/C11H14N2S/c1-7-8(2)14-11-12-9-5-3-4-6-10(9)13(7)11/h3-6H2,1-2H3. The second kappa shape index (κ2) is 2.83. The molecule has 2 heterocycles. The Balaban J connectivity index is 2.36. The minimum Gasteiger partial charge on any atom is -0.291 e. The summed E-state index contributed by atoms with van der Waals surface area (Å²) in [6.45, 7) is 4.39. The summed E-state index contributed by atoms with van der Waals surface area (Å²) in [5.41, 5.74) is 4.22. The van der Waals surface area contributed by atoms with Crippen LogP contribution in [-0.2, 0) is 12.8 Å². The first-order valence-electron chi connectivity index (χ1n) is 5.23. The molecule has 0 amide bonds. The number of aromatic nitrogens is 2. The second-order valence-electron chi connectivity index (χ2n) is 4.07. The molecule has 1 aliphatic rings. The largest absolute Gasteiger partial charge is 0.291 e. The first-order valence-corrected chi connectivity index (χ1v) is 6.05. The van der Waals surface area contributed by atoms with Crippen molar-refractivity contribution >= 4 is 16.3 Å². The highest BCUT2D eigenvalue weighted by Gasteiger charge is 2.19. The molecule has 0 N–H and O–H groups in total. The summed E-state index contributed by atoms with van der Waals surface area (Å²) in [5, 5.41) is 0. The second-order valence-corrected chi connectivity index (χ2v) is 5.26. The minimum atomic E-state index is 1.18. The van der Waals surface area contributed by atoms with Crippen LogP contribution in [0.5, 0.6) is 0 Å². The fraction of sp³-hybridized carbons (Fsp3) is 0.545. The fourth-order valence-corrected chi connectivity index (χ4v) is 3.31. The quantitative estimate of drug-likeness (QED) is 0.648. The van der Waals surface area contributed by atoms with Crippen LogP contribution in [0.25, 0.3) is 4.96 Å². The van der Waals surface area contributed by atoms with Crippen LogP contribution in [0.4, 0.5) is 0 Å². The van der Waals surface area contributed by atoms with Gasteiger partial charge in [-0.15, -0.1) is 11.3 Å². The number of fused-ring (bicyclic) bond motifs is 3. The van der Waals surface area contributed by atoms with Crippen molar-refractivity contribution in [3.63, 3.8) is 0 Å². The molecule has 0 bridgehead atoms. The van der Waals surface area contributed by atoms with Crippen LogP contribution in [-0.4, -0.2) is 9.38 Å². The van der Waals surface area contributed by atoms with E-state index in [9.17, 15) is 0 Å². The molecule has 74 valence electrons. The average molecular weight is 206 g/mol. The molecular weight excluding hydrogens is 192 g/mol. The van der Waals surface area contributed by atoms with Gasteiger partial charge < -0.3 is 0 Å². The summed E-state index contributed by atoms with van der Waals surface area (Å²) < 4.78 is 2.37. The Morgan fingerprint density at radius 1 is 1.21 bits per heavy atom. The Labute approximate surface area is 87.6 Å². The molecule has 3 heteroatoms. The Kier molecular flexibility index (Phi) is 1.71. The molecule has 0 saturated heterocycles. The van der Waals surface area contributed by atoms with E-state index in [0.29, 0.717) is 0 Å². The van der Waals surface area contributed by atoms with E-state index in [2.05, 4.69) is 18.2 Å². The van der Waals surface area contributed by atoms with E-state index in [-0.39, 0.29) is 0 Å². The summed E-state index contributed by atoms with van der Waals surface area (Å²) in [7, 11) is 0. The third kappa shape index (κ3) is 0.989. The smallest absolute Gasteiger partial charge is 0.194 e. The van der Waals surface area contributed by atoms with Gasteiger partial charge in [-0.1, -0.05) is 0 Å². The van der Waals surface area contributed by atoms with Gasteiger partial charge in [-0.3, -0.25) is 4.40 Å². The van der Waals surface area contributed by atoms with Crippen molar-refractivity contribution in [2.45, 2.75) is 39.5 Å². The molecule has 14 heavy (non-hydrogen) atoms. The zero-order valence-corrected chi connectivity index (χ0v) is 9.45. The van der Waals surface area contributed by atoms with Crippen LogP contribution in [0.2, 0.25) is 0 Å². The maximum Gasteiger partial charge on any atom is 0.194 e. The molecule has 0 aromatic carbocycles. The molecule has 0 aliphatic heterocycles. The predicted molar refractivity (Wildman–Crippen MR) is 59.2 cm³/mol. The van der Waals surface area contributed by atoms with Gasteiger partial charge in [0, 0.05) is 16.3 Å². The van der Waals surface area contributed by atoms with Crippen molar-refractivity contribution in [1.29, 1.82) is 0 Å². The normalized spacial score (nSPS) is 16.1. The molecule has 0 fully saturated rings. The Hall–Kier alpha value is -0.830. The van der Waals surface area contributed by atoms with Crippen LogP contribution in [0.1, 0.15) is 34.8 Å². The molecule has 0 atom stereocenters. The number of aryl methyl sites for hydroxylation is 4. The fourth-order valence-electron chi connectivity index (χ4n) is 2.30. The lowest BCUT2D eigenvalue weighted by molar-refractivity contribution is 0.658. The number of hydrogen-bond donors (Lipinski definition) is 0. The zero-order chi connectivity index (χ0) is 9.71. The van der Waals surface area contributed by atoms with E-state index in [1.54, 1.807) is 0 Å². The number of rotatable bonds is 0. The van der Waals surface area contributed by atoms with E-state index in [0.717, 1.165) is 0 Å². The number of nitrogens with zero attached hydrogens (tertiary/aromatic N) is 2. The summed E-state index contributed by atoms with van der Waals surface area (Å²) in [6.07, 6.45) is 5.04. The topological polar surface area (TPSA) is 17.3 Å². The van der Waals surface area contributed by atoms with Gasteiger partial charge in [0.1, 0.15) is 0 Å². The van der Waals surface area contributed by atoms with Gasteiger partial charge in [0.2, 0.25) is 0 Å². The summed E-state index contributed by atoms with van der Waals surface area (Å²) in [4.78, 5) is 7.32. The first-order chi connectivity index (χ1) is 6.77. The molecule has 3 rings (SSSR count). The van der Waals surface area contributed by atoms with Crippen LogP contribution >= 0.6 is 11.3 Å². The van der Waals surface area contributed by atoms with Gasteiger partial charge in [0.15, 0.2) is 4.96 Å². The summed E-state index contributed by atoms with van der Waals surface area (Å²) in [6, 6.07) is 0. The molecule has 0 saturated carbocycles. The van der Waals surface area contributed by atoms with Gasteiger partial charge in [-0.05, 0) is 39.5 Å². The first kappa shape index (κ1) is 8.48. The van der Waals surface area contributed by atoms with Crippen LogP contribution in [0.15, 0.2) is 0 Å². The Bertz CT molecular complexity index is 493. The van der Waals surface area contributed by atoms with Crippen molar-refractivity contribution in [3.05, 3.63) is 22.0 Å². The van der Waals surface area contributed by atoms with Gasteiger partial charge >= 0.3 is 0 Å². The third-order valence-electron chi connectivity index (χ3n) is 3.19. The molecule has 2 aromatic heterocycles. The molecule has 1 aliphatic carbocycles. The summed E-state index contributed by atoms with van der Waals surface area (Å²) in [5.74, 6) is 0. The van der Waals surface area contributed by atoms with Crippen LogP contribution in [0, 0.1) is 13.8 Å². The van der Waals surface area contributed by atoms with Crippen molar-refractivity contribution in [3.8, 4) is 0 Å².